The first-order valence-electron chi connectivity index (χ1n) is 9.25. The highest BCUT2D eigenvalue weighted by molar-refractivity contribution is 14.1. The van der Waals surface area contributed by atoms with E-state index in [0.29, 0.717) is 22.5 Å². The van der Waals surface area contributed by atoms with Gasteiger partial charge in [-0.1, -0.05) is 36.4 Å². The van der Waals surface area contributed by atoms with Gasteiger partial charge in [-0.05, 0) is 52.9 Å². The summed E-state index contributed by atoms with van der Waals surface area (Å²) in [7, 11) is 0. The lowest BCUT2D eigenvalue weighted by Crippen LogP contribution is -2.08. The molecule has 0 aliphatic heterocycles. The molecule has 0 atom stereocenters. The number of fused-ring (bicyclic) bond motifs is 2. The van der Waals surface area contributed by atoms with Gasteiger partial charge in [-0.25, -0.2) is 9.97 Å². The molecule has 0 aliphatic carbocycles. The quantitative estimate of drug-likeness (QED) is 0.260. The third-order valence-corrected chi connectivity index (χ3v) is 5.75. The Morgan fingerprint density at radius 1 is 0.839 bits per heavy atom. The van der Waals surface area contributed by atoms with Crippen LogP contribution in [0.2, 0.25) is 0 Å². The highest BCUT2D eigenvalue weighted by Gasteiger charge is 2.34. The molecule has 0 amide bonds. The SMILES string of the molecule is FC(F)(F)c1ccccc1-c1nc(Nc2n[nH]c3cccc(I)c23)c2ccccc2n1. The van der Waals surface area contributed by atoms with E-state index in [2.05, 4.69) is 48.1 Å². The monoisotopic (exact) mass is 531 g/mol. The Morgan fingerprint density at radius 3 is 2.45 bits per heavy atom. The van der Waals surface area contributed by atoms with E-state index >= 15 is 0 Å². The van der Waals surface area contributed by atoms with Gasteiger partial charge in [0.2, 0.25) is 0 Å². The van der Waals surface area contributed by atoms with E-state index in [4.69, 9.17) is 0 Å². The summed E-state index contributed by atoms with van der Waals surface area (Å²) in [6, 6.07) is 18.2. The second kappa shape index (κ2) is 7.49. The Bertz CT molecular complexity index is 1430. The number of aromatic amines is 1. The maximum atomic E-state index is 13.6. The van der Waals surface area contributed by atoms with Gasteiger partial charge in [0.05, 0.1) is 22.0 Å². The van der Waals surface area contributed by atoms with Crippen LogP contribution in [0.25, 0.3) is 33.2 Å². The second-order valence-corrected chi connectivity index (χ2v) is 7.98. The lowest BCUT2D eigenvalue weighted by Gasteiger charge is -2.14. The number of halogens is 4. The summed E-state index contributed by atoms with van der Waals surface area (Å²) in [4.78, 5) is 8.89. The largest absolute Gasteiger partial charge is 0.417 e. The van der Waals surface area contributed by atoms with Crippen LogP contribution >= 0.6 is 22.6 Å². The van der Waals surface area contributed by atoms with Crippen molar-refractivity contribution in [1.29, 1.82) is 0 Å². The summed E-state index contributed by atoms with van der Waals surface area (Å²) in [5, 5.41) is 12.1. The summed E-state index contributed by atoms with van der Waals surface area (Å²) in [5.41, 5.74) is 0.512. The Balaban J connectivity index is 1.71. The Labute approximate surface area is 187 Å². The molecular formula is C22H13F3IN5. The molecule has 31 heavy (non-hydrogen) atoms. The molecule has 0 fully saturated rings. The number of nitrogens with zero attached hydrogens (tertiary/aromatic N) is 3. The van der Waals surface area contributed by atoms with Crippen molar-refractivity contribution in [3.63, 3.8) is 0 Å². The standard InChI is InChI=1S/C22H13F3IN5/c23-22(24,25)14-8-3-1-6-12(14)19-27-16-10-4-2-7-13(16)20(28-19)29-21-18-15(26)9-5-11-17(18)30-31-21/h1-11H,(H2,27,28,29,30,31). The van der Waals surface area contributed by atoms with Crippen LogP contribution in [0.3, 0.4) is 0 Å². The van der Waals surface area contributed by atoms with Crippen molar-refractivity contribution < 1.29 is 13.2 Å². The zero-order valence-corrected chi connectivity index (χ0v) is 17.9. The summed E-state index contributed by atoms with van der Waals surface area (Å²) < 4.78 is 41.7. The number of H-pyrrole nitrogens is 1. The molecule has 154 valence electrons. The molecule has 0 saturated carbocycles. The number of alkyl halides is 3. The molecule has 0 spiro atoms. The molecule has 0 bridgehead atoms. The van der Waals surface area contributed by atoms with Crippen LogP contribution in [-0.4, -0.2) is 20.2 Å². The lowest BCUT2D eigenvalue weighted by atomic mass is 10.1. The van der Waals surface area contributed by atoms with Crippen LogP contribution < -0.4 is 5.32 Å². The van der Waals surface area contributed by atoms with Gasteiger partial charge in [0, 0.05) is 14.5 Å². The Kier molecular flexibility index (Phi) is 4.77. The smallest absolute Gasteiger partial charge is 0.322 e. The van der Waals surface area contributed by atoms with Crippen molar-refractivity contribution in [3.05, 3.63) is 75.9 Å². The van der Waals surface area contributed by atoms with Gasteiger partial charge in [-0.3, -0.25) is 5.10 Å². The van der Waals surface area contributed by atoms with Gasteiger partial charge < -0.3 is 5.32 Å². The van der Waals surface area contributed by atoms with Crippen molar-refractivity contribution in [1.82, 2.24) is 20.2 Å². The number of rotatable bonds is 3. The van der Waals surface area contributed by atoms with Crippen molar-refractivity contribution in [2.45, 2.75) is 6.18 Å². The molecule has 0 saturated heterocycles. The average molecular weight is 531 g/mol. The van der Waals surface area contributed by atoms with Crippen LogP contribution in [0.15, 0.2) is 66.7 Å². The van der Waals surface area contributed by atoms with E-state index in [1.165, 1.54) is 12.1 Å². The molecule has 2 aromatic heterocycles. The van der Waals surface area contributed by atoms with Crippen LogP contribution in [0.1, 0.15) is 5.56 Å². The van der Waals surface area contributed by atoms with Crippen molar-refractivity contribution in [3.8, 4) is 11.4 Å². The normalized spacial score (nSPS) is 11.9. The minimum Gasteiger partial charge on any atom is -0.322 e. The molecule has 2 N–H and O–H groups in total. The highest BCUT2D eigenvalue weighted by Crippen LogP contribution is 2.37. The van der Waals surface area contributed by atoms with Crippen molar-refractivity contribution >= 4 is 56.0 Å². The van der Waals surface area contributed by atoms with Crippen LogP contribution in [0, 0.1) is 3.57 Å². The van der Waals surface area contributed by atoms with E-state index in [1.54, 1.807) is 18.2 Å². The van der Waals surface area contributed by atoms with Gasteiger partial charge in [0.1, 0.15) is 5.82 Å². The molecule has 2 heterocycles. The first kappa shape index (κ1) is 19.7. The second-order valence-electron chi connectivity index (χ2n) is 6.82. The maximum absolute atomic E-state index is 13.6. The molecule has 9 heteroatoms. The topological polar surface area (TPSA) is 66.5 Å². The molecule has 0 unspecified atom stereocenters. The van der Waals surface area contributed by atoms with Crippen molar-refractivity contribution in [2.75, 3.05) is 5.32 Å². The fourth-order valence-electron chi connectivity index (χ4n) is 3.45. The molecule has 5 rings (SSSR count). The zero-order valence-electron chi connectivity index (χ0n) is 15.7. The molecule has 0 radical (unpaired) electrons. The number of anilines is 2. The maximum Gasteiger partial charge on any atom is 0.417 e. The number of hydrogen-bond donors (Lipinski definition) is 2. The minimum absolute atomic E-state index is 0.0105. The van der Waals surface area contributed by atoms with E-state index in [9.17, 15) is 13.2 Å². The van der Waals surface area contributed by atoms with E-state index in [0.717, 1.165) is 20.5 Å². The Hall–Kier alpha value is -3.21. The first-order chi connectivity index (χ1) is 14.9. The summed E-state index contributed by atoms with van der Waals surface area (Å²) in [6.07, 6.45) is -4.52. The summed E-state index contributed by atoms with van der Waals surface area (Å²) in [6.45, 7) is 0. The fraction of sp³-hybridized carbons (Fsp3) is 0.0455. The number of nitrogens with one attached hydrogen (secondary N) is 2. The fourth-order valence-corrected chi connectivity index (χ4v) is 4.20. The number of benzene rings is 3. The minimum atomic E-state index is -4.52. The molecular weight excluding hydrogens is 518 g/mol. The summed E-state index contributed by atoms with van der Waals surface area (Å²) in [5.74, 6) is 0.910. The van der Waals surface area contributed by atoms with E-state index < -0.39 is 11.7 Å². The zero-order chi connectivity index (χ0) is 21.6. The van der Waals surface area contributed by atoms with Gasteiger partial charge in [-0.2, -0.15) is 18.3 Å². The van der Waals surface area contributed by atoms with Crippen LogP contribution in [0.4, 0.5) is 24.8 Å². The van der Waals surface area contributed by atoms with Gasteiger partial charge >= 0.3 is 6.18 Å². The predicted molar refractivity (Wildman–Crippen MR) is 122 cm³/mol. The van der Waals surface area contributed by atoms with Crippen LogP contribution in [-0.2, 0) is 6.18 Å². The summed E-state index contributed by atoms with van der Waals surface area (Å²) >= 11 is 2.21. The molecule has 5 aromatic rings. The predicted octanol–water partition coefficient (Wildman–Crippen LogP) is 6.54. The van der Waals surface area contributed by atoms with Crippen LogP contribution in [0.5, 0.6) is 0 Å². The third-order valence-electron chi connectivity index (χ3n) is 4.85. The van der Waals surface area contributed by atoms with Gasteiger partial charge in [0.15, 0.2) is 11.6 Å². The number of para-hydroxylation sites is 1. The Morgan fingerprint density at radius 2 is 1.61 bits per heavy atom. The number of aromatic nitrogens is 4. The first-order valence-corrected chi connectivity index (χ1v) is 10.3. The molecule has 3 aromatic carbocycles. The molecule has 0 aliphatic rings. The molecule has 5 nitrogen and oxygen atoms in total. The third kappa shape index (κ3) is 3.58. The van der Waals surface area contributed by atoms with Crippen molar-refractivity contribution in [2.24, 2.45) is 0 Å². The van der Waals surface area contributed by atoms with Gasteiger partial charge in [0.25, 0.3) is 0 Å². The average Bonchev–Trinajstić information content (AvgIpc) is 3.17. The van der Waals surface area contributed by atoms with E-state index in [-0.39, 0.29) is 11.4 Å². The highest BCUT2D eigenvalue weighted by atomic mass is 127. The lowest BCUT2D eigenvalue weighted by molar-refractivity contribution is -0.137. The number of hydrogen-bond acceptors (Lipinski definition) is 4. The van der Waals surface area contributed by atoms with Gasteiger partial charge in [-0.15, -0.1) is 0 Å². The van der Waals surface area contributed by atoms with E-state index in [1.807, 2.05) is 30.3 Å².